The largest absolute Gasteiger partial charge is 0.475 e. The Morgan fingerprint density at radius 2 is 2.22 bits per heavy atom. The second-order valence-corrected chi connectivity index (χ2v) is 7.18. The van der Waals surface area contributed by atoms with E-state index in [0.29, 0.717) is 44.2 Å². The number of aromatic nitrogens is 1. The highest BCUT2D eigenvalue weighted by Gasteiger charge is 2.36. The highest BCUT2D eigenvalue weighted by atomic mass is 32.2. The fraction of sp³-hybridized carbons (Fsp3) is 0.571. The number of hydrogen-bond acceptors (Lipinski definition) is 6. The molecule has 2 rings (SSSR count). The molecule has 23 heavy (non-hydrogen) atoms. The average molecular weight is 343 g/mol. The van der Waals surface area contributed by atoms with Crippen LogP contribution in [0.15, 0.2) is 18.3 Å². The summed E-state index contributed by atoms with van der Waals surface area (Å²) in [5, 5.41) is 2.69. The van der Waals surface area contributed by atoms with Gasteiger partial charge in [-0.3, -0.25) is 4.79 Å². The summed E-state index contributed by atoms with van der Waals surface area (Å²) < 4.78 is 34.8. The lowest BCUT2D eigenvalue weighted by molar-refractivity contribution is -0.119. The first-order valence-corrected chi connectivity index (χ1v) is 9.12. The second kappa shape index (κ2) is 7.71. The molecule has 9 heteroatoms. The third kappa shape index (κ3) is 4.88. The van der Waals surface area contributed by atoms with Crippen molar-refractivity contribution in [3.8, 4) is 5.88 Å². The summed E-state index contributed by atoms with van der Waals surface area (Å²) in [6, 6.07) is 2.63. The average Bonchev–Trinajstić information content (AvgIpc) is 2.99. The molecule has 1 aliphatic heterocycles. The van der Waals surface area contributed by atoms with E-state index in [9.17, 15) is 13.2 Å². The van der Waals surface area contributed by atoms with Crippen LogP contribution < -0.4 is 10.1 Å². The molecule has 1 amide bonds. The third-order valence-corrected chi connectivity index (χ3v) is 4.76. The summed E-state index contributed by atoms with van der Waals surface area (Å²) >= 11 is 0. The predicted molar refractivity (Wildman–Crippen MR) is 84.8 cm³/mol. The molecule has 0 unspecified atom stereocenters. The van der Waals surface area contributed by atoms with Crippen LogP contribution in [0, 0.1) is 0 Å². The van der Waals surface area contributed by atoms with Gasteiger partial charge in [-0.2, -0.15) is 4.31 Å². The molecule has 0 spiro atoms. The SMILES string of the molecule is COCCOc1ccc(NC(=O)[C@H]2CCCN2S(C)(=O)=O)cn1. The van der Waals surface area contributed by atoms with Gasteiger partial charge in [-0.05, 0) is 18.9 Å². The van der Waals surface area contributed by atoms with Crippen LogP contribution in [-0.4, -0.2) is 62.8 Å². The molecule has 1 aromatic heterocycles. The number of ether oxygens (including phenoxy) is 2. The number of pyridine rings is 1. The molecule has 1 fully saturated rings. The number of anilines is 1. The van der Waals surface area contributed by atoms with Crippen LogP contribution in [0.2, 0.25) is 0 Å². The lowest BCUT2D eigenvalue weighted by Crippen LogP contribution is -2.42. The van der Waals surface area contributed by atoms with Crippen LogP contribution in [0.5, 0.6) is 5.88 Å². The molecule has 1 aromatic rings. The van der Waals surface area contributed by atoms with Crippen LogP contribution in [-0.2, 0) is 19.6 Å². The molecule has 1 atom stereocenters. The number of nitrogens with one attached hydrogen (secondary N) is 1. The Morgan fingerprint density at radius 3 is 2.83 bits per heavy atom. The minimum Gasteiger partial charge on any atom is -0.475 e. The normalized spacial score (nSPS) is 18.8. The Bertz CT molecular complexity index is 632. The van der Waals surface area contributed by atoms with Gasteiger partial charge in [0.15, 0.2) is 0 Å². The molecule has 0 aliphatic carbocycles. The molecular formula is C14H21N3O5S. The number of nitrogens with zero attached hydrogens (tertiary/aromatic N) is 2. The number of carbonyl (C=O) groups excluding carboxylic acids is 1. The van der Waals surface area contributed by atoms with E-state index in [-0.39, 0.29) is 5.91 Å². The first-order valence-electron chi connectivity index (χ1n) is 7.27. The van der Waals surface area contributed by atoms with E-state index in [1.807, 2.05) is 0 Å². The molecule has 0 aromatic carbocycles. The zero-order valence-electron chi connectivity index (χ0n) is 13.2. The molecule has 0 bridgehead atoms. The summed E-state index contributed by atoms with van der Waals surface area (Å²) in [6.45, 7) is 1.23. The van der Waals surface area contributed by atoms with Gasteiger partial charge < -0.3 is 14.8 Å². The summed E-state index contributed by atoms with van der Waals surface area (Å²) in [5.74, 6) is 0.0847. The zero-order valence-corrected chi connectivity index (χ0v) is 14.0. The summed E-state index contributed by atoms with van der Waals surface area (Å²) in [5.41, 5.74) is 0.495. The van der Waals surface area contributed by atoms with Crippen molar-refractivity contribution in [2.75, 3.05) is 38.4 Å². The van der Waals surface area contributed by atoms with Gasteiger partial charge in [-0.25, -0.2) is 13.4 Å². The van der Waals surface area contributed by atoms with E-state index in [1.54, 1.807) is 19.2 Å². The van der Waals surface area contributed by atoms with E-state index in [0.717, 1.165) is 6.26 Å². The number of methoxy groups -OCH3 is 1. The molecule has 1 aliphatic rings. The first-order chi connectivity index (χ1) is 10.9. The minimum absolute atomic E-state index is 0.345. The molecule has 0 saturated carbocycles. The Balaban J connectivity index is 1.95. The monoisotopic (exact) mass is 343 g/mol. The topological polar surface area (TPSA) is 97.8 Å². The van der Waals surface area contributed by atoms with Crippen molar-refractivity contribution in [1.29, 1.82) is 0 Å². The van der Waals surface area contributed by atoms with Crippen molar-refractivity contribution < 1.29 is 22.7 Å². The number of carbonyl (C=O) groups is 1. The number of sulfonamides is 1. The predicted octanol–water partition coefficient (Wildman–Crippen LogP) is 0.469. The van der Waals surface area contributed by atoms with Crippen LogP contribution in [0.25, 0.3) is 0 Å². The van der Waals surface area contributed by atoms with Crippen molar-refractivity contribution in [1.82, 2.24) is 9.29 Å². The van der Waals surface area contributed by atoms with Gasteiger partial charge in [-0.1, -0.05) is 0 Å². The lowest BCUT2D eigenvalue weighted by atomic mass is 10.2. The van der Waals surface area contributed by atoms with Crippen molar-refractivity contribution in [2.45, 2.75) is 18.9 Å². The van der Waals surface area contributed by atoms with Gasteiger partial charge in [-0.15, -0.1) is 0 Å². The van der Waals surface area contributed by atoms with Crippen LogP contribution >= 0.6 is 0 Å². The molecule has 2 heterocycles. The highest BCUT2D eigenvalue weighted by molar-refractivity contribution is 7.88. The molecule has 1 N–H and O–H groups in total. The zero-order chi connectivity index (χ0) is 16.9. The fourth-order valence-corrected chi connectivity index (χ4v) is 3.52. The molecular weight excluding hydrogens is 322 g/mol. The third-order valence-electron chi connectivity index (χ3n) is 3.47. The van der Waals surface area contributed by atoms with Gasteiger partial charge in [0.25, 0.3) is 0 Å². The molecule has 8 nitrogen and oxygen atoms in total. The van der Waals surface area contributed by atoms with E-state index in [2.05, 4.69) is 10.3 Å². The maximum absolute atomic E-state index is 12.3. The Hall–Kier alpha value is -1.71. The number of hydrogen-bond donors (Lipinski definition) is 1. The van der Waals surface area contributed by atoms with Gasteiger partial charge in [0, 0.05) is 19.7 Å². The first kappa shape index (κ1) is 17.6. The van der Waals surface area contributed by atoms with E-state index in [1.165, 1.54) is 10.5 Å². The lowest BCUT2D eigenvalue weighted by Gasteiger charge is -2.21. The van der Waals surface area contributed by atoms with E-state index in [4.69, 9.17) is 9.47 Å². The smallest absolute Gasteiger partial charge is 0.242 e. The molecule has 1 saturated heterocycles. The van der Waals surface area contributed by atoms with Gasteiger partial charge in [0.05, 0.1) is 24.7 Å². The molecule has 128 valence electrons. The van der Waals surface area contributed by atoms with Crippen LogP contribution in [0.1, 0.15) is 12.8 Å². The summed E-state index contributed by atoms with van der Waals surface area (Å²) in [4.78, 5) is 16.3. The Morgan fingerprint density at radius 1 is 1.43 bits per heavy atom. The summed E-state index contributed by atoms with van der Waals surface area (Å²) in [7, 11) is -1.80. The van der Waals surface area contributed by atoms with Crippen molar-refractivity contribution in [3.05, 3.63) is 18.3 Å². The fourth-order valence-electron chi connectivity index (χ4n) is 2.39. The highest BCUT2D eigenvalue weighted by Crippen LogP contribution is 2.22. The van der Waals surface area contributed by atoms with E-state index >= 15 is 0 Å². The van der Waals surface area contributed by atoms with Crippen molar-refractivity contribution in [3.63, 3.8) is 0 Å². The van der Waals surface area contributed by atoms with Gasteiger partial charge in [0.2, 0.25) is 21.8 Å². The summed E-state index contributed by atoms with van der Waals surface area (Å²) in [6.07, 6.45) is 3.78. The maximum atomic E-state index is 12.3. The minimum atomic E-state index is -3.38. The van der Waals surface area contributed by atoms with Crippen LogP contribution in [0.4, 0.5) is 5.69 Å². The van der Waals surface area contributed by atoms with Gasteiger partial charge in [0.1, 0.15) is 12.6 Å². The number of rotatable bonds is 7. The van der Waals surface area contributed by atoms with Crippen molar-refractivity contribution in [2.24, 2.45) is 0 Å². The molecule has 0 radical (unpaired) electrons. The van der Waals surface area contributed by atoms with Crippen molar-refractivity contribution >= 4 is 21.6 Å². The van der Waals surface area contributed by atoms with Gasteiger partial charge >= 0.3 is 0 Å². The van der Waals surface area contributed by atoms with E-state index < -0.39 is 16.1 Å². The quantitative estimate of drug-likeness (QED) is 0.723. The maximum Gasteiger partial charge on any atom is 0.242 e. The second-order valence-electron chi connectivity index (χ2n) is 5.25. The Kier molecular flexibility index (Phi) is 5.91. The van der Waals surface area contributed by atoms with Crippen LogP contribution in [0.3, 0.4) is 0 Å². The Labute approximate surface area is 135 Å². The number of amides is 1. The standard InChI is InChI=1S/C14H21N3O5S/c1-21-8-9-22-13-6-5-11(10-15-13)16-14(18)12-4-3-7-17(12)23(2,19)20/h5-6,10,12H,3-4,7-9H2,1-2H3,(H,16,18)/t12-/m1/s1.